The van der Waals surface area contributed by atoms with Crippen LogP contribution in [0, 0.1) is 18.6 Å². The van der Waals surface area contributed by atoms with E-state index < -0.39 is 21.7 Å². The summed E-state index contributed by atoms with van der Waals surface area (Å²) in [6, 6.07) is 8.42. The highest BCUT2D eigenvalue weighted by molar-refractivity contribution is 7.89. The molecule has 5 nitrogen and oxygen atoms in total. The quantitative estimate of drug-likeness (QED) is 0.536. The number of piperazine rings is 1. The number of thiazole rings is 1. The Bertz CT molecular complexity index is 1210. The van der Waals surface area contributed by atoms with E-state index >= 15 is 0 Å². The largest absolute Gasteiger partial charge is 0.345 e. The molecule has 2 heterocycles. The number of hydrogen-bond donors (Lipinski definition) is 0. The average Bonchev–Trinajstić information content (AvgIpc) is 3.21. The van der Waals surface area contributed by atoms with Gasteiger partial charge in [0.2, 0.25) is 10.0 Å². The van der Waals surface area contributed by atoms with Gasteiger partial charge in [-0.25, -0.2) is 22.2 Å². The van der Waals surface area contributed by atoms with E-state index in [0.29, 0.717) is 38.2 Å². The number of halogens is 3. The van der Waals surface area contributed by atoms with Crippen LogP contribution in [-0.4, -0.2) is 43.9 Å². The third kappa shape index (κ3) is 4.74. The summed E-state index contributed by atoms with van der Waals surface area (Å²) in [4.78, 5) is 6.69. The lowest BCUT2D eigenvalue weighted by molar-refractivity contribution is 0.384. The number of rotatable bonds is 5. The van der Waals surface area contributed by atoms with Gasteiger partial charge < -0.3 is 4.90 Å². The maximum absolute atomic E-state index is 13.6. The number of aryl methyl sites for hydroxylation is 1. The predicted molar refractivity (Wildman–Crippen MR) is 118 cm³/mol. The fourth-order valence-electron chi connectivity index (χ4n) is 3.49. The first-order valence-corrected chi connectivity index (χ1v) is 12.3. The number of nitrogens with zero attached hydrogens (tertiary/aromatic N) is 3. The molecule has 0 aliphatic carbocycles. The Morgan fingerprint density at radius 3 is 2.55 bits per heavy atom. The molecule has 0 radical (unpaired) electrons. The summed E-state index contributed by atoms with van der Waals surface area (Å²) >= 11 is 7.33. The molecule has 0 N–H and O–H groups in total. The monoisotopic (exact) mass is 483 g/mol. The molecule has 0 unspecified atom stereocenters. The van der Waals surface area contributed by atoms with Gasteiger partial charge in [0.05, 0.1) is 15.6 Å². The molecule has 31 heavy (non-hydrogen) atoms. The van der Waals surface area contributed by atoms with E-state index in [1.807, 2.05) is 10.3 Å². The van der Waals surface area contributed by atoms with E-state index in [1.165, 1.54) is 33.8 Å². The molecule has 164 valence electrons. The molecular formula is C21H20ClF2N3O2S2. The first-order chi connectivity index (χ1) is 14.7. The molecule has 2 aromatic carbocycles. The van der Waals surface area contributed by atoms with Crippen molar-refractivity contribution >= 4 is 38.1 Å². The van der Waals surface area contributed by atoms with E-state index in [9.17, 15) is 17.2 Å². The van der Waals surface area contributed by atoms with Crippen molar-refractivity contribution < 1.29 is 17.2 Å². The third-order valence-electron chi connectivity index (χ3n) is 5.19. The van der Waals surface area contributed by atoms with E-state index in [0.717, 1.165) is 22.5 Å². The molecule has 0 bridgehead atoms. The van der Waals surface area contributed by atoms with Crippen molar-refractivity contribution in [3.63, 3.8) is 0 Å². The molecule has 4 rings (SSSR count). The number of benzene rings is 2. The van der Waals surface area contributed by atoms with Gasteiger partial charge in [0.15, 0.2) is 5.13 Å². The minimum atomic E-state index is -3.76. The fraction of sp³-hybridized carbons (Fsp3) is 0.286. The van der Waals surface area contributed by atoms with Crippen LogP contribution < -0.4 is 4.90 Å². The summed E-state index contributed by atoms with van der Waals surface area (Å²) < 4.78 is 54.2. The Balaban J connectivity index is 1.42. The standard InChI is InChI=1S/C21H20ClF2N3O2S2/c1-14-2-4-16(23)12-20(14)31(28,29)27-8-6-26(7-9-27)21-25-17(13-30-21)10-15-3-5-19(24)18(22)11-15/h2-5,11-13H,6-10H2,1H3. The summed E-state index contributed by atoms with van der Waals surface area (Å²) in [5.74, 6) is -1.02. The maximum Gasteiger partial charge on any atom is 0.243 e. The summed E-state index contributed by atoms with van der Waals surface area (Å²) in [6.45, 7) is 3.22. The van der Waals surface area contributed by atoms with Crippen LogP contribution in [0.25, 0.3) is 0 Å². The van der Waals surface area contributed by atoms with Gasteiger partial charge in [-0.3, -0.25) is 0 Å². The molecular weight excluding hydrogens is 464 g/mol. The summed E-state index contributed by atoms with van der Waals surface area (Å²) in [6.07, 6.45) is 0.531. The van der Waals surface area contributed by atoms with Gasteiger partial charge in [-0.2, -0.15) is 4.31 Å². The second-order valence-electron chi connectivity index (χ2n) is 7.35. The first-order valence-electron chi connectivity index (χ1n) is 9.63. The zero-order valence-corrected chi connectivity index (χ0v) is 19.1. The Hall–Kier alpha value is -2.07. The highest BCUT2D eigenvalue weighted by Gasteiger charge is 2.30. The van der Waals surface area contributed by atoms with Crippen LogP contribution in [0.5, 0.6) is 0 Å². The van der Waals surface area contributed by atoms with Crippen LogP contribution in [0.4, 0.5) is 13.9 Å². The van der Waals surface area contributed by atoms with Gasteiger partial charge in [-0.05, 0) is 42.3 Å². The van der Waals surface area contributed by atoms with Crippen LogP contribution in [-0.2, 0) is 16.4 Å². The van der Waals surface area contributed by atoms with Gasteiger partial charge in [-0.1, -0.05) is 23.7 Å². The molecule has 1 saturated heterocycles. The summed E-state index contributed by atoms with van der Waals surface area (Å²) in [5, 5.41) is 2.83. The number of anilines is 1. The number of hydrogen-bond acceptors (Lipinski definition) is 5. The second-order valence-corrected chi connectivity index (χ2v) is 10.5. The van der Waals surface area contributed by atoms with Crippen LogP contribution >= 0.6 is 22.9 Å². The zero-order chi connectivity index (χ0) is 22.2. The average molecular weight is 484 g/mol. The molecule has 0 amide bonds. The molecule has 1 fully saturated rings. The molecule has 1 aliphatic rings. The molecule has 0 spiro atoms. The SMILES string of the molecule is Cc1ccc(F)cc1S(=O)(=O)N1CCN(c2nc(Cc3ccc(F)c(Cl)c3)cs2)CC1. The lowest BCUT2D eigenvalue weighted by atomic mass is 10.1. The topological polar surface area (TPSA) is 53.5 Å². The lowest BCUT2D eigenvalue weighted by Crippen LogP contribution is -2.48. The second kappa shape index (κ2) is 8.82. The smallest absolute Gasteiger partial charge is 0.243 e. The minimum absolute atomic E-state index is 0.00967. The first kappa shape index (κ1) is 22.1. The Kier molecular flexibility index (Phi) is 6.30. The van der Waals surface area contributed by atoms with E-state index in [4.69, 9.17) is 11.6 Å². The number of aromatic nitrogens is 1. The maximum atomic E-state index is 13.6. The van der Waals surface area contributed by atoms with Crippen molar-refractivity contribution in [2.24, 2.45) is 0 Å². The van der Waals surface area contributed by atoms with Crippen LogP contribution in [0.3, 0.4) is 0 Å². The Morgan fingerprint density at radius 1 is 1.10 bits per heavy atom. The fourth-order valence-corrected chi connectivity index (χ4v) is 6.23. The van der Waals surface area contributed by atoms with Crippen molar-refractivity contribution in [2.45, 2.75) is 18.2 Å². The Morgan fingerprint density at radius 2 is 1.84 bits per heavy atom. The van der Waals surface area contributed by atoms with Gasteiger partial charge >= 0.3 is 0 Å². The predicted octanol–water partition coefficient (Wildman–Crippen LogP) is 4.48. The zero-order valence-electron chi connectivity index (χ0n) is 16.7. The molecule has 1 aliphatic heterocycles. The normalized spacial score (nSPS) is 15.4. The number of sulfonamides is 1. The molecule has 1 aromatic heterocycles. The van der Waals surface area contributed by atoms with Crippen molar-refractivity contribution in [1.29, 1.82) is 0 Å². The van der Waals surface area contributed by atoms with Crippen LogP contribution in [0.1, 0.15) is 16.8 Å². The third-order valence-corrected chi connectivity index (χ3v) is 8.47. The van der Waals surface area contributed by atoms with E-state index in [2.05, 4.69) is 4.98 Å². The molecule has 0 saturated carbocycles. The highest BCUT2D eigenvalue weighted by atomic mass is 35.5. The van der Waals surface area contributed by atoms with Gasteiger partial charge in [0, 0.05) is 38.0 Å². The van der Waals surface area contributed by atoms with E-state index in [1.54, 1.807) is 19.1 Å². The Labute approximate surface area is 189 Å². The molecule has 0 atom stereocenters. The minimum Gasteiger partial charge on any atom is -0.345 e. The summed E-state index contributed by atoms with van der Waals surface area (Å²) in [7, 11) is -3.76. The van der Waals surface area contributed by atoms with Gasteiger partial charge in [0.25, 0.3) is 0 Å². The van der Waals surface area contributed by atoms with Gasteiger partial charge in [0.1, 0.15) is 11.6 Å². The highest BCUT2D eigenvalue weighted by Crippen LogP contribution is 2.27. The lowest BCUT2D eigenvalue weighted by Gasteiger charge is -2.34. The van der Waals surface area contributed by atoms with Crippen LogP contribution in [0.15, 0.2) is 46.7 Å². The molecule has 10 heteroatoms. The van der Waals surface area contributed by atoms with Crippen LogP contribution in [0.2, 0.25) is 5.02 Å². The van der Waals surface area contributed by atoms with Crippen molar-refractivity contribution in [3.05, 3.63) is 75.3 Å². The van der Waals surface area contributed by atoms with E-state index in [-0.39, 0.29) is 9.92 Å². The molecule has 3 aromatic rings. The summed E-state index contributed by atoms with van der Waals surface area (Å²) in [5.41, 5.74) is 2.23. The van der Waals surface area contributed by atoms with Crippen molar-refractivity contribution in [2.75, 3.05) is 31.1 Å². The van der Waals surface area contributed by atoms with Crippen molar-refractivity contribution in [3.8, 4) is 0 Å². The van der Waals surface area contributed by atoms with Gasteiger partial charge in [-0.15, -0.1) is 11.3 Å². The van der Waals surface area contributed by atoms with Crippen molar-refractivity contribution in [1.82, 2.24) is 9.29 Å².